The predicted molar refractivity (Wildman–Crippen MR) is 81.3 cm³/mol. The monoisotopic (exact) mass is 350 g/mol. The molecule has 1 heterocycles. The molecule has 8 heteroatoms. The van der Waals surface area contributed by atoms with Crippen LogP contribution in [0.15, 0.2) is 49.5 Å². The molecule has 0 saturated carbocycles. The van der Waals surface area contributed by atoms with Crippen LogP contribution in [0.3, 0.4) is 0 Å². The van der Waals surface area contributed by atoms with Gasteiger partial charge in [0.2, 0.25) is 5.91 Å². The smallest absolute Gasteiger partial charge is 0.311 e. The molecular formula is C13H11BrN4O3. The highest BCUT2D eigenvalue weighted by molar-refractivity contribution is 9.10. The first-order valence-electron chi connectivity index (χ1n) is 5.93. The van der Waals surface area contributed by atoms with Crippen LogP contribution in [0, 0.1) is 0 Å². The molecule has 7 nitrogen and oxygen atoms in total. The largest absolute Gasteiger partial charge is 0.325 e. The van der Waals surface area contributed by atoms with Crippen LogP contribution in [0.4, 0.5) is 0 Å². The van der Waals surface area contributed by atoms with Crippen LogP contribution in [0.2, 0.25) is 0 Å². The maximum atomic E-state index is 11.6. The number of hydrazone groups is 1. The molecule has 1 aromatic carbocycles. The molecule has 0 radical (unpaired) electrons. The average Bonchev–Trinajstić information content (AvgIpc) is 2.37. The molecule has 0 aliphatic carbocycles. The number of H-pyrrole nitrogens is 2. The number of nitrogens with one attached hydrogen (secondary N) is 3. The zero-order valence-electron chi connectivity index (χ0n) is 10.7. The van der Waals surface area contributed by atoms with Gasteiger partial charge in [-0.3, -0.25) is 14.6 Å². The lowest BCUT2D eigenvalue weighted by molar-refractivity contribution is -0.120. The lowest BCUT2D eigenvalue weighted by atomic mass is 10.2. The zero-order chi connectivity index (χ0) is 15.2. The Morgan fingerprint density at radius 2 is 2.10 bits per heavy atom. The Bertz CT molecular complexity index is 766. The first kappa shape index (κ1) is 14.9. The number of carbonyl (C=O) groups is 1. The Balaban J connectivity index is 1.96. The maximum absolute atomic E-state index is 11.6. The second kappa shape index (κ2) is 6.80. The third kappa shape index (κ3) is 4.84. The quantitative estimate of drug-likeness (QED) is 0.552. The number of halogens is 1. The molecule has 0 bridgehead atoms. The molecule has 0 unspecified atom stereocenters. The van der Waals surface area contributed by atoms with E-state index in [1.54, 1.807) is 0 Å². The third-order valence-electron chi connectivity index (χ3n) is 2.42. The fraction of sp³-hybridized carbons (Fsp3) is 0.0769. The van der Waals surface area contributed by atoms with E-state index >= 15 is 0 Å². The van der Waals surface area contributed by atoms with Crippen LogP contribution in [0.25, 0.3) is 0 Å². The van der Waals surface area contributed by atoms with Crippen LogP contribution in [0.5, 0.6) is 0 Å². The number of nitrogens with zero attached hydrogens (tertiary/aromatic N) is 1. The number of rotatable bonds is 4. The molecule has 0 aliphatic rings. The predicted octanol–water partition coefficient (Wildman–Crippen LogP) is 0.519. The van der Waals surface area contributed by atoms with Gasteiger partial charge in [0.05, 0.1) is 12.6 Å². The van der Waals surface area contributed by atoms with Crippen molar-refractivity contribution in [3.05, 3.63) is 66.9 Å². The van der Waals surface area contributed by atoms with E-state index in [4.69, 9.17) is 0 Å². The summed E-state index contributed by atoms with van der Waals surface area (Å²) in [6.45, 7) is 0. The molecule has 0 atom stereocenters. The Hall–Kier alpha value is -2.48. The van der Waals surface area contributed by atoms with Gasteiger partial charge < -0.3 is 4.98 Å². The molecular weight excluding hydrogens is 340 g/mol. The summed E-state index contributed by atoms with van der Waals surface area (Å²) in [7, 11) is 0. The number of carbonyl (C=O) groups excluding carboxylic acids is 1. The second-order valence-electron chi connectivity index (χ2n) is 4.14. The maximum Gasteiger partial charge on any atom is 0.325 e. The van der Waals surface area contributed by atoms with Gasteiger partial charge >= 0.3 is 5.69 Å². The molecule has 2 rings (SSSR count). The van der Waals surface area contributed by atoms with Crippen molar-refractivity contribution in [1.82, 2.24) is 15.4 Å². The van der Waals surface area contributed by atoms with Gasteiger partial charge in [0, 0.05) is 16.2 Å². The second-order valence-corrected chi connectivity index (χ2v) is 5.05. The van der Waals surface area contributed by atoms with E-state index in [0.717, 1.165) is 16.1 Å². The van der Waals surface area contributed by atoms with Crippen LogP contribution >= 0.6 is 15.9 Å². The van der Waals surface area contributed by atoms with Crippen LogP contribution in [0.1, 0.15) is 11.3 Å². The minimum Gasteiger partial charge on any atom is -0.311 e. The summed E-state index contributed by atoms with van der Waals surface area (Å²) < 4.78 is 0.902. The van der Waals surface area contributed by atoms with Gasteiger partial charge in [-0.25, -0.2) is 10.2 Å². The highest BCUT2D eigenvalue weighted by atomic mass is 79.9. The molecule has 108 valence electrons. The zero-order valence-corrected chi connectivity index (χ0v) is 12.3. The highest BCUT2D eigenvalue weighted by Crippen LogP contribution is 2.09. The number of aromatic nitrogens is 2. The number of hydrogen-bond donors (Lipinski definition) is 3. The van der Waals surface area contributed by atoms with Crippen molar-refractivity contribution in [3.8, 4) is 0 Å². The minimum atomic E-state index is -0.650. The van der Waals surface area contributed by atoms with Crippen LogP contribution < -0.4 is 16.7 Å². The average molecular weight is 351 g/mol. The molecule has 0 saturated heterocycles. The van der Waals surface area contributed by atoms with E-state index in [0.29, 0.717) is 0 Å². The molecule has 0 aliphatic heterocycles. The molecule has 2 aromatic rings. The van der Waals surface area contributed by atoms with Gasteiger partial charge in [0.25, 0.3) is 5.56 Å². The van der Waals surface area contributed by atoms with Gasteiger partial charge in [0.1, 0.15) is 0 Å². The van der Waals surface area contributed by atoms with Crippen molar-refractivity contribution in [1.29, 1.82) is 0 Å². The number of amides is 1. The molecule has 21 heavy (non-hydrogen) atoms. The van der Waals surface area contributed by atoms with Gasteiger partial charge in [-0.2, -0.15) is 5.10 Å². The lowest BCUT2D eigenvalue weighted by Crippen LogP contribution is -2.26. The standard InChI is InChI=1S/C13H11BrN4O3/c14-9-3-1-2-8(4-9)7-15-18-12(20)6-10-5-11(19)17-13(21)16-10/h1-5,7H,6H2,(H,18,20)(H2,16,17,19,21). The number of benzene rings is 1. The first-order valence-corrected chi connectivity index (χ1v) is 6.72. The SMILES string of the molecule is O=C(Cc1cc(=O)[nH]c(=O)[nH]1)NN=Cc1cccc(Br)c1. The van der Waals surface area contributed by atoms with Crippen molar-refractivity contribution in [2.24, 2.45) is 5.10 Å². The molecule has 0 fully saturated rings. The van der Waals surface area contributed by atoms with Gasteiger partial charge in [-0.05, 0) is 17.7 Å². The highest BCUT2D eigenvalue weighted by Gasteiger charge is 2.04. The molecule has 1 amide bonds. The summed E-state index contributed by atoms with van der Waals surface area (Å²) >= 11 is 3.33. The number of aromatic amines is 2. The van der Waals surface area contributed by atoms with Gasteiger partial charge in [-0.15, -0.1) is 0 Å². The summed E-state index contributed by atoms with van der Waals surface area (Å²) in [4.78, 5) is 38.1. The summed E-state index contributed by atoms with van der Waals surface area (Å²) in [5, 5.41) is 3.80. The van der Waals surface area contributed by atoms with E-state index in [1.165, 1.54) is 6.21 Å². The fourth-order valence-electron chi connectivity index (χ4n) is 1.59. The fourth-order valence-corrected chi connectivity index (χ4v) is 2.01. The van der Waals surface area contributed by atoms with Gasteiger partial charge in [-0.1, -0.05) is 28.1 Å². The van der Waals surface area contributed by atoms with E-state index in [1.807, 2.05) is 29.2 Å². The summed E-state index contributed by atoms with van der Waals surface area (Å²) in [6.07, 6.45) is 1.35. The third-order valence-corrected chi connectivity index (χ3v) is 2.91. The van der Waals surface area contributed by atoms with Crippen LogP contribution in [-0.2, 0) is 11.2 Å². The van der Waals surface area contributed by atoms with E-state index < -0.39 is 17.2 Å². The lowest BCUT2D eigenvalue weighted by Gasteiger charge is -1.99. The topological polar surface area (TPSA) is 107 Å². The minimum absolute atomic E-state index is 0.144. The molecule has 0 spiro atoms. The summed E-state index contributed by atoms with van der Waals surface area (Å²) in [6, 6.07) is 8.53. The summed E-state index contributed by atoms with van der Waals surface area (Å²) in [5.74, 6) is -0.442. The van der Waals surface area contributed by atoms with E-state index in [2.05, 4.69) is 31.4 Å². The van der Waals surface area contributed by atoms with Crippen molar-refractivity contribution in [3.63, 3.8) is 0 Å². The van der Waals surface area contributed by atoms with E-state index in [9.17, 15) is 14.4 Å². The summed E-state index contributed by atoms with van der Waals surface area (Å²) in [5.41, 5.74) is 2.15. The Morgan fingerprint density at radius 1 is 1.29 bits per heavy atom. The van der Waals surface area contributed by atoms with Crippen molar-refractivity contribution >= 4 is 28.1 Å². The van der Waals surface area contributed by atoms with Crippen molar-refractivity contribution in [2.75, 3.05) is 0 Å². The van der Waals surface area contributed by atoms with Crippen molar-refractivity contribution < 1.29 is 4.79 Å². The Kier molecular flexibility index (Phi) is 4.83. The number of hydrogen-bond acceptors (Lipinski definition) is 4. The first-order chi connectivity index (χ1) is 10.0. The molecule has 3 N–H and O–H groups in total. The Morgan fingerprint density at radius 3 is 2.81 bits per heavy atom. The van der Waals surface area contributed by atoms with Crippen LogP contribution in [-0.4, -0.2) is 22.1 Å². The normalized spacial score (nSPS) is 10.7. The van der Waals surface area contributed by atoms with E-state index in [-0.39, 0.29) is 12.1 Å². The molecule has 1 aromatic heterocycles. The van der Waals surface area contributed by atoms with Gasteiger partial charge in [0.15, 0.2) is 0 Å². The Labute approximate surface area is 127 Å². The van der Waals surface area contributed by atoms with Crippen molar-refractivity contribution in [2.45, 2.75) is 6.42 Å².